The molecule has 1 unspecified atom stereocenters. The second-order valence-corrected chi connectivity index (χ2v) is 4.21. The van der Waals surface area contributed by atoms with Crippen LogP contribution in [-0.2, 0) is 19.6 Å². The number of aliphatic hydroxyl groups is 1. The summed E-state index contributed by atoms with van der Waals surface area (Å²) in [5, 5.41) is 24.2. The fourth-order valence-electron chi connectivity index (χ4n) is 1.66. The Morgan fingerprint density at radius 1 is 1.44 bits per heavy atom. The second-order valence-electron chi connectivity index (χ2n) is 4.21. The zero-order valence-corrected chi connectivity index (χ0v) is 10.4. The summed E-state index contributed by atoms with van der Waals surface area (Å²) in [4.78, 5) is 0. The van der Waals surface area contributed by atoms with Crippen LogP contribution in [0.3, 0.4) is 0 Å². The lowest BCUT2D eigenvalue weighted by Crippen LogP contribution is -2.30. The molecule has 2 rings (SSSR count). The van der Waals surface area contributed by atoms with Crippen LogP contribution in [0.1, 0.15) is 12.6 Å². The van der Waals surface area contributed by atoms with Gasteiger partial charge in [-0.3, -0.25) is 4.68 Å². The highest BCUT2D eigenvalue weighted by Gasteiger charge is 2.05. The maximum atomic E-state index is 8.78. The minimum Gasteiger partial charge on any atom is -0.394 e. The molecule has 2 aromatic heterocycles. The van der Waals surface area contributed by atoms with Crippen LogP contribution in [0.25, 0.3) is 0 Å². The number of hydrogen-bond donors (Lipinski definition) is 2. The number of aliphatic hydroxyl groups excluding tert-OH is 1. The Morgan fingerprint density at radius 3 is 3.06 bits per heavy atom. The first-order valence-electron chi connectivity index (χ1n) is 5.98. The van der Waals surface area contributed by atoms with E-state index in [4.69, 9.17) is 5.11 Å². The van der Waals surface area contributed by atoms with E-state index in [-0.39, 0.29) is 6.61 Å². The highest BCUT2D eigenvalue weighted by Crippen LogP contribution is 1.96. The van der Waals surface area contributed by atoms with E-state index >= 15 is 0 Å². The third kappa shape index (κ3) is 3.64. The van der Waals surface area contributed by atoms with Crippen molar-refractivity contribution in [1.29, 1.82) is 0 Å². The fraction of sp³-hybridized carbons (Fsp3) is 0.545. The van der Waals surface area contributed by atoms with Gasteiger partial charge in [-0.25, -0.2) is 4.68 Å². The molecule has 0 bridgehead atoms. The largest absolute Gasteiger partial charge is 0.394 e. The molecule has 0 amide bonds. The van der Waals surface area contributed by atoms with E-state index in [0.29, 0.717) is 19.1 Å². The summed E-state index contributed by atoms with van der Waals surface area (Å²) >= 11 is 0. The van der Waals surface area contributed by atoms with Crippen LogP contribution >= 0.6 is 0 Å². The molecule has 0 radical (unpaired) electrons. The normalized spacial score (nSPS) is 12.8. The molecule has 2 aromatic rings. The summed E-state index contributed by atoms with van der Waals surface area (Å²) in [7, 11) is 0. The summed E-state index contributed by atoms with van der Waals surface area (Å²) in [6.07, 6.45) is 5.55. The van der Waals surface area contributed by atoms with Crippen LogP contribution < -0.4 is 5.32 Å². The zero-order chi connectivity index (χ0) is 12.8. The van der Waals surface area contributed by atoms with Crippen molar-refractivity contribution in [2.45, 2.75) is 32.6 Å². The van der Waals surface area contributed by atoms with Crippen molar-refractivity contribution in [3.8, 4) is 0 Å². The van der Waals surface area contributed by atoms with Crippen LogP contribution in [0, 0.1) is 0 Å². The van der Waals surface area contributed by atoms with Crippen molar-refractivity contribution >= 4 is 0 Å². The van der Waals surface area contributed by atoms with Crippen molar-refractivity contribution in [2.75, 3.05) is 6.61 Å². The van der Waals surface area contributed by atoms with Crippen LogP contribution in [0.4, 0.5) is 0 Å². The van der Waals surface area contributed by atoms with Crippen molar-refractivity contribution in [1.82, 2.24) is 30.1 Å². The Balaban J connectivity index is 1.76. The van der Waals surface area contributed by atoms with E-state index in [2.05, 4.69) is 27.7 Å². The van der Waals surface area contributed by atoms with Gasteiger partial charge in [0.2, 0.25) is 0 Å². The van der Waals surface area contributed by atoms with E-state index in [1.165, 1.54) is 0 Å². The number of rotatable bonds is 7. The molecule has 0 aliphatic carbocycles. The molecule has 0 fully saturated rings. The minimum absolute atomic E-state index is 0.0753. The first-order chi connectivity index (χ1) is 8.78. The van der Waals surface area contributed by atoms with Gasteiger partial charge in [0.05, 0.1) is 25.4 Å². The molecular weight excluding hydrogens is 232 g/mol. The van der Waals surface area contributed by atoms with Gasteiger partial charge in [-0.1, -0.05) is 5.21 Å². The molecule has 7 nitrogen and oxygen atoms in total. The summed E-state index contributed by atoms with van der Waals surface area (Å²) in [5.41, 5.74) is 0.871. The lowest BCUT2D eigenvalue weighted by molar-refractivity contribution is 0.268. The van der Waals surface area contributed by atoms with Crippen LogP contribution in [0.2, 0.25) is 0 Å². The molecule has 98 valence electrons. The summed E-state index contributed by atoms with van der Waals surface area (Å²) < 4.78 is 3.52. The minimum atomic E-state index is 0.0753. The third-order valence-corrected chi connectivity index (χ3v) is 2.57. The molecule has 1 atom stereocenters. The topological polar surface area (TPSA) is 80.8 Å². The molecule has 0 saturated carbocycles. The van der Waals surface area contributed by atoms with Gasteiger partial charge >= 0.3 is 0 Å². The quantitative estimate of drug-likeness (QED) is 0.701. The van der Waals surface area contributed by atoms with E-state index < -0.39 is 0 Å². The lowest BCUT2D eigenvalue weighted by Gasteiger charge is -2.12. The second kappa shape index (κ2) is 6.27. The molecular formula is C11H18N6O. The summed E-state index contributed by atoms with van der Waals surface area (Å²) in [5.74, 6) is 0. The maximum absolute atomic E-state index is 8.78. The highest BCUT2D eigenvalue weighted by molar-refractivity contribution is 4.92. The maximum Gasteiger partial charge on any atom is 0.0964 e. The van der Waals surface area contributed by atoms with Gasteiger partial charge in [0, 0.05) is 31.2 Å². The van der Waals surface area contributed by atoms with Gasteiger partial charge in [0.25, 0.3) is 0 Å². The average Bonchev–Trinajstić information content (AvgIpc) is 2.99. The molecule has 0 saturated heterocycles. The van der Waals surface area contributed by atoms with E-state index in [1.807, 2.05) is 23.1 Å². The van der Waals surface area contributed by atoms with E-state index in [9.17, 15) is 0 Å². The Hall–Kier alpha value is -1.73. The van der Waals surface area contributed by atoms with Gasteiger partial charge in [0.15, 0.2) is 0 Å². The molecule has 0 aliphatic heterocycles. The van der Waals surface area contributed by atoms with Crippen molar-refractivity contribution in [3.05, 3.63) is 30.4 Å². The Morgan fingerprint density at radius 2 is 2.33 bits per heavy atom. The van der Waals surface area contributed by atoms with Gasteiger partial charge < -0.3 is 10.4 Å². The Labute approximate surface area is 105 Å². The molecule has 2 heterocycles. The molecule has 0 aliphatic rings. The van der Waals surface area contributed by atoms with Gasteiger partial charge in [-0.05, 0) is 13.0 Å². The lowest BCUT2D eigenvalue weighted by atomic mass is 10.3. The van der Waals surface area contributed by atoms with Gasteiger partial charge in [-0.15, -0.1) is 5.10 Å². The monoisotopic (exact) mass is 250 g/mol. The van der Waals surface area contributed by atoms with Crippen LogP contribution in [-0.4, -0.2) is 42.5 Å². The van der Waals surface area contributed by atoms with Crippen LogP contribution in [0.15, 0.2) is 24.7 Å². The first-order valence-corrected chi connectivity index (χ1v) is 5.98. The van der Waals surface area contributed by atoms with Crippen LogP contribution in [0.5, 0.6) is 0 Å². The molecule has 2 N–H and O–H groups in total. The first kappa shape index (κ1) is 12.7. The van der Waals surface area contributed by atoms with E-state index in [1.54, 1.807) is 10.9 Å². The number of aromatic nitrogens is 5. The van der Waals surface area contributed by atoms with E-state index in [0.717, 1.165) is 12.2 Å². The predicted molar refractivity (Wildman–Crippen MR) is 65.6 cm³/mol. The fourth-order valence-corrected chi connectivity index (χ4v) is 1.66. The van der Waals surface area contributed by atoms with Crippen molar-refractivity contribution < 1.29 is 5.11 Å². The van der Waals surface area contributed by atoms with Crippen molar-refractivity contribution in [2.24, 2.45) is 0 Å². The van der Waals surface area contributed by atoms with Gasteiger partial charge in [0.1, 0.15) is 0 Å². The Kier molecular flexibility index (Phi) is 4.43. The van der Waals surface area contributed by atoms with Crippen molar-refractivity contribution in [3.63, 3.8) is 0 Å². The predicted octanol–water partition coefficient (Wildman–Crippen LogP) is -0.355. The molecule has 0 spiro atoms. The average molecular weight is 250 g/mol. The number of nitrogens with one attached hydrogen (secondary N) is 1. The number of nitrogens with zero attached hydrogens (tertiary/aromatic N) is 5. The third-order valence-electron chi connectivity index (χ3n) is 2.57. The SMILES string of the molecule is CC(Cn1cccn1)NCc1cn(CCO)nn1. The Bertz CT molecular complexity index is 452. The highest BCUT2D eigenvalue weighted by atomic mass is 16.3. The summed E-state index contributed by atoms with van der Waals surface area (Å²) in [6, 6.07) is 2.21. The summed E-state index contributed by atoms with van der Waals surface area (Å²) in [6.45, 7) is 4.13. The smallest absolute Gasteiger partial charge is 0.0964 e. The zero-order valence-electron chi connectivity index (χ0n) is 10.4. The molecule has 7 heteroatoms. The number of hydrogen-bond acceptors (Lipinski definition) is 5. The standard InChI is InChI=1S/C11H18N6O/c1-10(8-16-4-2-3-13-16)12-7-11-9-17(5-6-18)15-14-11/h2-4,9-10,12,18H,5-8H2,1H3. The molecule has 0 aromatic carbocycles. The van der Waals surface area contributed by atoms with Gasteiger partial charge in [-0.2, -0.15) is 5.10 Å². The molecule has 18 heavy (non-hydrogen) atoms.